The smallest absolute Gasteiger partial charge is 0.225 e. The molecule has 0 spiro atoms. The number of nitrogens with one attached hydrogen (secondary N) is 1. The van der Waals surface area contributed by atoms with Crippen molar-refractivity contribution in [2.75, 3.05) is 13.2 Å². The van der Waals surface area contributed by atoms with Crippen LogP contribution in [0, 0.1) is 11.3 Å². The maximum Gasteiger partial charge on any atom is 0.225 e. The Hall–Kier alpha value is -2.02. The van der Waals surface area contributed by atoms with Gasteiger partial charge in [-0.3, -0.25) is 4.79 Å². The van der Waals surface area contributed by atoms with Gasteiger partial charge in [-0.05, 0) is 30.0 Å². The van der Waals surface area contributed by atoms with Crippen LogP contribution in [0.1, 0.15) is 17.5 Å². The highest BCUT2D eigenvalue weighted by Gasteiger charge is 2.11. The van der Waals surface area contributed by atoms with Gasteiger partial charge in [-0.2, -0.15) is 5.26 Å². The Morgan fingerprint density at radius 2 is 2.41 bits per heavy atom. The van der Waals surface area contributed by atoms with Crippen LogP contribution in [0.3, 0.4) is 0 Å². The van der Waals surface area contributed by atoms with E-state index in [1.807, 2.05) is 24.3 Å². The van der Waals surface area contributed by atoms with E-state index in [9.17, 15) is 4.79 Å². The zero-order valence-electron chi connectivity index (χ0n) is 9.53. The van der Waals surface area contributed by atoms with Gasteiger partial charge in [0.2, 0.25) is 5.91 Å². The molecule has 0 atom stereocenters. The number of hydrogen-bond donors (Lipinski definition) is 1. The molecule has 1 aliphatic rings. The molecule has 0 aliphatic carbocycles. The van der Waals surface area contributed by atoms with E-state index in [1.165, 1.54) is 5.56 Å². The lowest BCUT2D eigenvalue weighted by atomic mass is 10.0. The van der Waals surface area contributed by atoms with Crippen LogP contribution in [0.25, 0.3) is 0 Å². The molecule has 0 unspecified atom stereocenters. The Kier molecular flexibility index (Phi) is 3.61. The quantitative estimate of drug-likeness (QED) is 0.793. The molecule has 0 saturated heterocycles. The van der Waals surface area contributed by atoms with E-state index in [0.29, 0.717) is 6.42 Å². The standard InChI is InChI=1S/C13H14N2O2/c14-5-6-15-13(16)9-10-3-4-12-11(8-10)2-1-7-17-12/h3-4,8H,1-2,6-7,9H2,(H,15,16). The fourth-order valence-corrected chi connectivity index (χ4v) is 1.91. The zero-order valence-corrected chi connectivity index (χ0v) is 9.53. The Morgan fingerprint density at radius 1 is 1.53 bits per heavy atom. The van der Waals surface area contributed by atoms with Crippen LogP contribution in [0.5, 0.6) is 5.75 Å². The van der Waals surface area contributed by atoms with Crippen LogP contribution >= 0.6 is 0 Å². The summed E-state index contributed by atoms with van der Waals surface area (Å²) in [5.74, 6) is 0.806. The number of fused-ring (bicyclic) bond motifs is 1. The summed E-state index contributed by atoms with van der Waals surface area (Å²) in [7, 11) is 0. The summed E-state index contributed by atoms with van der Waals surface area (Å²) in [6.45, 7) is 0.835. The first-order valence-electron chi connectivity index (χ1n) is 5.68. The van der Waals surface area contributed by atoms with Crippen LogP contribution in [-0.4, -0.2) is 19.1 Å². The van der Waals surface area contributed by atoms with Crippen molar-refractivity contribution in [1.29, 1.82) is 5.26 Å². The zero-order chi connectivity index (χ0) is 12.1. The molecule has 2 rings (SSSR count). The minimum absolute atomic E-state index is 0.0624. The summed E-state index contributed by atoms with van der Waals surface area (Å²) in [5.41, 5.74) is 2.13. The van der Waals surface area contributed by atoms with E-state index in [2.05, 4.69) is 5.32 Å². The molecule has 0 bridgehead atoms. The van der Waals surface area contributed by atoms with Crippen LogP contribution < -0.4 is 10.1 Å². The van der Waals surface area contributed by atoms with Gasteiger partial charge in [-0.25, -0.2) is 0 Å². The molecule has 1 N–H and O–H groups in total. The number of nitrogens with zero attached hydrogens (tertiary/aromatic N) is 1. The number of hydrogen-bond acceptors (Lipinski definition) is 3. The average Bonchev–Trinajstić information content (AvgIpc) is 2.36. The second-order valence-corrected chi connectivity index (χ2v) is 4.01. The Labute approximate surface area is 100 Å². The molecule has 17 heavy (non-hydrogen) atoms. The number of nitriles is 1. The lowest BCUT2D eigenvalue weighted by molar-refractivity contribution is -0.120. The van der Waals surface area contributed by atoms with Crippen LogP contribution in [0.15, 0.2) is 18.2 Å². The molecule has 0 fully saturated rings. The van der Waals surface area contributed by atoms with Crippen molar-refractivity contribution in [3.05, 3.63) is 29.3 Å². The number of amides is 1. The maximum absolute atomic E-state index is 11.4. The number of ether oxygens (including phenoxy) is 1. The highest BCUT2D eigenvalue weighted by molar-refractivity contribution is 5.78. The minimum atomic E-state index is -0.122. The molecule has 1 amide bonds. The van der Waals surface area contributed by atoms with E-state index in [1.54, 1.807) is 0 Å². The molecule has 1 aromatic rings. The summed E-state index contributed by atoms with van der Waals surface area (Å²) in [4.78, 5) is 11.4. The van der Waals surface area contributed by atoms with Crippen LogP contribution in [0.4, 0.5) is 0 Å². The summed E-state index contributed by atoms with van der Waals surface area (Å²) >= 11 is 0. The molecule has 4 heteroatoms. The third-order valence-corrected chi connectivity index (χ3v) is 2.70. The third-order valence-electron chi connectivity index (χ3n) is 2.70. The molecule has 0 saturated carbocycles. The van der Waals surface area contributed by atoms with Crippen LogP contribution in [-0.2, 0) is 17.6 Å². The van der Waals surface area contributed by atoms with E-state index in [0.717, 1.165) is 30.8 Å². The maximum atomic E-state index is 11.4. The lowest BCUT2D eigenvalue weighted by Crippen LogP contribution is -2.25. The Morgan fingerprint density at radius 3 is 3.24 bits per heavy atom. The first kappa shape index (κ1) is 11.5. The minimum Gasteiger partial charge on any atom is -0.493 e. The lowest BCUT2D eigenvalue weighted by Gasteiger charge is -2.17. The summed E-state index contributed by atoms with van der Waals surface area (Å²) in [6, 6.07) is 7.71. The van der Waals surface area contributed by atoms with Gasteiger partial charge in [0.25, 0.3) is 0 Å². The van der Waals surface area contributed by atoms with Gasteiger partial charge in [0.1, 0.15) is 12.3 Å². The van der Waals surface area contributed by atoms with E-state index >= 15 is 0 Å². The normalized spacial score (nSPS) is 13.1. The van der Waals surface area contributed by atoms with Crippen molar-refractivity contribution in [3.63, 3.8) is 0 Å². The van der Waals surface area contributed by atoms with Crippen molar-refractivity contribution in [2.24, 2.45) is 0 Å². The molecule has 4 nitrogen and oxygen atoms in total. The summed E-state index contributed by atoms with van der Waals surface area (Å²) in [5, 5.41) is 10.9. The number of carbonyl (C=O) groups excluding carboxylic acids is 1. The third kappa shape index (κ3) is 2.97. The number of rotatable bonds is 3. The van der Waals surface area contributed by atoms with Gasteiger partial charge in [0.05, 0.1) is 19.1 Å². The predicted molar refractivity (Wildman–Crippen MR) is 62.6 cm³/mol. The number of carbonyl (C=O) groups is 1. The first-order valence-corrected chi connectivity index (χ1v) is 5.68. The average molecular weight is 230 g/mol. The SMILES string of the molecule is N#CCNC(=O)Cc1ccc2c(c1)CCCO2. The molecular weight excluding hydrogens is 216 g/mol. The van der Waals surface area contributed by atoms with Crippen molar-refractivity contribution >= 4 is 5.91 Å². The topological polar surface area (TPSA) is 62.1 Å². The second-order valence-electron chi connectivity index (χ2n) is 4.01. The molecule has 0 radical (unpaired) electrons. The predicted octanol–water partition coefficient (Wildman–Crippen LogP) is 1.19. The van der Waals surface area contributed by atoms with E-state index < -0.39 is 0 Å². The molecule has 88 valence electrons. The molecule has 1 aromatic carbocycles. The van der Waals surface area contributed by atoms with Gasteiger partial charge < -0.3 is 10.1 Å². The fraction of sp³-hybridized carbons (Fsp3) is 0.385. The monoisotopic (exact) mass is 230 g/mol. The molecule has 0 aromatic heterocycles. The van der Waals surface area contributed by atoms with Gasteiger partial charge >= 0.3 is 0 Å². The van der Waals surface area contributed by atoms with E-state index in [-0.39, 0.29) is 12.5 Å². The largest absolute Gasteiger partial charge is 0.493 e. The Balaban J connectivity index is 2.02. The highest BCUT2D eigenvalue weighted by Crippen LogP contribution is 2.25. The van der Waals surface area contributed by atoms with Crippen molar-refractivity contribution in [2.45, 2.75) is 19.3 Å². The number of aryl methyl sites for hydroxylation is 1. The van der Waals surface area contributed by atoms with Crippen molar-refractivity contribution in [3.8, 4) is 11.8 Å². The summed E-state index contributed by atoms with van der Waals surface area (Å²) < 4.78 is 5.50. The summed E-state index contributed by atoms with van der Waals surface area (Å²) in [6.07, 6.45) is 2.34. The molecular formula is C13H14N2O2. The van der Waals surface area contributed by atoms with Gasteiger partial charge in [0.15, 0.2) is 0 Å². The molecule has 1 heterocycles. The second kappa shape index (κ2) is 5.35. The number of benzene rings is 1. The Bertz CT molecular complexity index is 463. The van der Waals surface area contributed by atoms with Gasteiger partial charge in [-0.15, -0.1) is 0 Å². The highest BCUT2D eigenvalue weighted by atomic mass is 16.5. The van der Waals surface area contributed by atoms with Crippen molar-refractivity contribution in [1.82, 2.24) is 5.32 Å². The van der Waals surface area contributed by atoms with Crippen molar-refractivity contribution < 1.29 is 9.53 Å². The molecule has 1 aliphatic heterocycles. The van der Waals surface area contributed by atoms with Crippen LogP contribution in [0.2, 0.25) is 0 Å². The van der Waals surface area contributed by atoms with Gasteiger partial charge in [-0.1, -0.05) is 12.1 Å². The van der Waals surface area contributed by atoms with E-state index in [4.69, 9.17) is 10.00 Å². The van der Waals surface area contributed by atoms with Gasteiger partial charge in [0, 0.05) is 0 Å². The first-order chi connectivity index (χ1) is 8.29. The fourth-order valence-electron chi connectivity index (χ4n) is 1.91.